The van der Waals surface area contributed by atoms with Crippen LogP contribution in [0.3, 0.4) is 0 Å². The van der Waals surface area contributed by atoms with E-state index in [1.54, 1.807) is 22.7 Å². The monoisotopic (exact) mass is 404 g/mol. The summed E-state index contributed by atoms with van der Waals surface area (Å²) in [6.45, 7) is 4.43. The lowest BCUT2D eigenvalue weighted by molar-refractivity contribution is 0.0937. The Morgan fingerprint density at radius 2 is 2.03 bits per heavy atom. The normalized spacial score (nSPS) is 12.1. The highest BCUT2D eigenvalue weighted by Crippen LogP contribution is 2.28. The molecule has 0 radical (unpaired) electrons. The predicted octanol–water partition coefficient (Wildman–Crippen LogP) is 2.97. The van der Waals surface area contributed by atoms with E-state index in [1.807, 2.05) is 63.5 Å². The quantitative estimate of drug-likeness (QED) is 0.534. The zero-order valence-electron chi connectivity index (χ0n) is 17.5. The zero-order valence-corrected chi connectivity index (χ0v) is 17.5. The van der Waals surface area contributed by atoms with Crippen molar-refractivity contribution in [3.05, 3.63) is 60.0 Å². The van der Waals surface area contributed by atoms with Crippen LogP contribution in [0.1, 0.15) is 23.0 Å². The average molecular weight is 404 g/mol. The van der Waals surface area contributed by atoms with Crippen LogP contribution in [-0.2, 0) is 13.6 Å². The standard InChI is InChI=1S/C22H24N6O2/c1-14(13-28-11-5-10-23-28)24-22(29)18-12-19(16-6-8-17(30-4)9-7-16)25-21-20(18)15(2)26-27(21)3/h5-12,14H,13H2,1-4H3,(H,24,29)/t14-/m1/s1. The van der Waals surface area contributed by atoms with E-state index in [1.165, 1.54) is 0 Å². The van der Waals surface area contributed by atoms with Crippen molar-refractivity contribution in [1.29, 1.82) is 0 Å². The molecule has 1 aromatic carbocycles. The molecular weight excluding hydrogens is 380 g/mol. The third-order valence-electron chi connectivity index (χ3n) is 5.00. The number of ether oxygens (including phenoxy) is 1. The van der Waals surface area contributed by atoms with Crippen LogP contribution < -0.4 is 10.1 Å². The largest absolute Gasteiger partial charge is 0.497 e. The molecule has 3 aromatic heterocycles. The number of aryl methyl sites for hydroxylation is 2. The molecule has 0 aliphatic carbocycles. The number of fused-ring (bicyclic) bond motifs is 1. The Hall–Kier alpha value is -3.68. The fourth-order valence-electron chi connectivity index (χ4n) is 3.57. The van der Waals surface area contributed by atoms with Crippen LogP contribution in [-0.4, -0.2) is 43.6 Å². The van der Waals surface area contributed by atoms with Gasteiger partial charge in [0.2, 0.25) is 0 Å². The summed E-state index contributed by atoms with van der Waals surface area (Å²) in [7, 11) is 3.47. The molecule has 3 heterocycles. The van der Waals surface area contributed by atoms with Crippen molar-refractivity contribution in [2.75, 3.05) is 7.11 Å². The van der Waals surface area contributed by atoms with E-state index in [2.05, 4.69) is 15.5 Å². The number of nitrogens with zero attached hydrogens (tertiary/aromatic N) is 5. The van der Waals surface area contributed by atoms with Gasteiger partial charge in [0.05, 0.1) is 36.0 Å². The average Bonchev–Trinajstić information content (AvgIpc) is 3.35. The molecule has 1 atom stereocenters. The molecule has 0 bridgehead atoms. The summed E-state index contributed by atoms with van der Waals surface area (Å²) in [5.74, 6) is 0.606. The fraction of sp³-hybridized carbons (Fsp3) is 0.273. The van der Waals surface area contributed by atoms with E-state index < -0.39 is 0 Å². The van der Waals surface area contributed by atoms with E-state index in [0.29, 0.717) is 23.4 Å². The van der Waals surface area contributed by atoms with Gasteiger partial charge in [-0.25, -0.2) is 4.98 Å². The number of nitrogens with one attached hydrogen (secondary N) is 1. The Kier molecular flexibility index (Phi) is 5.22. The fourth-order valence-corrected chi connectivity index (χ4v) is 3.57. The summed E-state index contributed by atoms with van der Waals surface area (Å²) in [6.07, 6.45) is 3.60. The summed E-state index contributed by atoms with van der Waals surface area (Å²) in [5, 5.41) is 12.5. The molecule has 1 amide bonds. The third kappa shape index (κ3) is 3.76. The maximum Gasteiger partial charge on any atom is 0.252 e. The molecule has 8 nitrogen and oxygen atoms in total. The summed E-state index contributed by atoms with van der Waals surface area (Å²) >= 11 is 0. The second kappa shape index (κ2) is 7.98. The lowest BCUT2D eigenvalue weighted by Crippen LogP contribution is -2.36. The van der Waals surface area contributed by atoms with Gasteiger partial charge in [0.25, 0.3) is 5.91 Å². The van der Waals surface area contributed by atoms with Crippen molar-refractivity contribution in [3.8, 4) is 17.0 Å². The van der Waals surface area contributed by atoms with Crippen LogP contribution in [0, 0.1) is 6.92 Å². The Bertz CT molecular complexity index is 1180. The summed E-state index contributed by atoms with van der Waals surface area (Å²) < 4.78 is 8.75. The van der Waals surface area contributed by atoms with E-state index in [-0.39, 0.29) is 11.9 Å². The number of benzene rings is 1. The Morgan fingerprint density at radius 3 is 2.70 bits per heavy atom. The number of aromatic nitrogens is 5. The molecule has 8 heteroatoms. The van der Waals surface area contributed by atoms with Gasteiger partial charge in [-0.2, -0.15) is 10.2 Å². The van der Waals surface area contributed by atoms with Gasteiger partial charge in [-0.1, -0.05) is 0 Å². The first-order chi connectivity index (χ1) is 14.5. The topological polar surface area (TPSA) is 86.9 Å². The van der Waals surface area contributed by atoms with Crippen molar-refractivity contribution < 1.29 is 9.53 Å². The number of methoxy groups -OCH3 is 1. The Labute approximate surface area is 174 Å². The number of carbonyl (C=O) groups excluding carboxylic acids is 1. The van der Waals surface area contributed by atoms with Crippen molar-refractivity contribution in [3.63, 3.8) is 0 Å². The van der Waals surface area contributed by atoms with Gasteiger partial charge in [-0.05, 0) is 50.2 Å². The van der Waals surface area contributed by atoms with Gasteiger partial charge in [0.15, 0.2) is 5.65 Å². The highest BCUT2D eigenvalue weighted by atomic mass is 16.5. The first-order valence-electron chi connectivity index (χ1n) is 9.73. The number of hydrogen-bond donors (Lipinski definition) is 1. The third-order valence-corrected chi connectivity index (χ3v) is 5.00. The second-order valence-electron chi connectivity index (χ2n) is 7.29. The predicted molar refractivity (Wildman–Crippen MR) is 114 cm³/mol. The molecular formula is C22H24N6O2. The minimum Gasteiger partial charge on any atom is -0.497 e. The van der Waals surface area contributed by atoms with Crippen molar-refractivity contribution in [2.45, 2.75) is 26.4 Å². The number of amides is 1. The lowest BCUT2D eigenvalue weighted by atomic mass is 10.0. The molecule has 0 fully saturated rings. The Balaban J connectivity index is 1.72. The number of pyridine rings is 1. The van der Waals surface area contributed by atoms with Gasteiger partial charge in [-0.15, -0.1) is 0 Å². The van der Waals surface area contributed by atoms with Gasteiger partial charge < -0.3 is 10.1 Å². The second-order valence-corrected chi connectivity index (χ2v) is 7.29. The number of carbonyl (C=O) groups is 1. The summed E-state index contributed by atoms with van der Waals surface area (Å²) in [4.78, 5) is 18.0. The van der Waals surface area contributed by atoms with Gasteiger partial charge in [0, 0.05) is 31.0 Å². The summed E-state index contributed by atoms with van der Waals surface area (Å²) in [5.41, 5.74) is 3.61. The molecule has 0 aliphatic heterocycles. The minimum absolute atomic E-state index is 0.0953. The van der Waals surface area contributed by atoms with Gasteiger partial charge in [-0.3, -0.25) is 14.2 Å². The highest BCUT2D eigenvalue weighted by molar-refractivity contribution is 6.07. The molecule has 0 saturated heterocycles. The van der Waals surface area contributed by atoms with E-state index in [4.69, 9.17) is 9.72 Å². The smallest absolute Gasteiger partial charge is 0.252 e. The summed E-state index contributed by atoms with van der Waals surface area (Å²) in [6, 6.07) is 11.2. The maximum atomic E-state index is 13.2. The minimum atomic E-state index is -0.159. The Morgan fingerprint density at radius 1 is 1.27 bits per heavy atom. The maximum absolute atomic E-state index is 13.2. The molecule has 30 heavy (non-hydrogen) atoms. The van der Waals surface area contributed by atoms with Crippen molar-refractivity contribution in [1.82, 2.24) is 29.9 Å². The molecule has 1 N–H and O–H groups in total. The van der Waals surface area contributed by atoms with Gasteiger partial charge >= 0.3 is 0 Å². The van der Waals surface area contributed by atoms with Crippen LogP contribution in [0.15, 0.2) is 48.8 Å². The first-order valence-corrected chi connectivity index (χ1v) is 9.73. The lowest BCUT2D eigenvalue weighted by Gasteiger charge is -2.15. The molecule has 0 unspecified atom stereocenters. The van der Waals surface area contributed by atoms with Crippen LogP contribution in [0.2, 0.25) is 0 Å². The molecule has 0 aliphatic rings. The molecule has 4 aromatic rings. The van der Waals surface area contributed by atoms with Crippen LogP contribution in [0.25, 0.3) is 22.3 Å². The number of hydrogen-bond acceptors (Lipinski definition) is 5. The molecule has 0 saturated carbocycles. The van der Waals surface area contributed by atoms with Crippen LogP contribution >= 0.6 is 0 Å². The van der Waals surface area contributed by atoms with Crippen LogP contribution in [0.4, 0.5) is 0 Å². The van der Waals surface area contributed by atoms with Crippen LogP contribution in [0.5, 0.6) is 5.75 Å². The van der Waals surface area contributed by atoms with E-state index >= 15 is 0 Å². The number of rotatable bonds is 6. The van der Waals surface area contributed by atoms with Crippen molar-refractivity contribution in [2.24, 2.45) is 7.05 Å². The SMILES string of the molecule is COc1ccc(-c2cc(C(=O)N[C@H](C)Cn3cccn3)c3c(C)nn(C)c3n2)cc1. The zero-order chi connectivity index (χ0) is 21.3. The molecule has 4 rings (SSSR count). The van der Waals surface area contributed by atoms with Gasteiger partial charge in [0.1, 0.15) is 5.75 Å². The first kappa shape index (κ1) is 19.6. The van der Waals surface area contributed by atoms with E-state index in [9.17, 15) is 4.79 Å². The van der Waals surface area contributed by atoms with E-state index in [0.717, 1.165) is 22.4 Å². The van der Waals surface area contributed by atoms with Crippen molar-refractivity contribution >= 4 is 16.9 Å². The highest BCUT2D eigenvalue weighted by Gasteiger charge is 2.20. The molecule has 0 spiro atoms. The molecule has 154 valence electrons.